The lowest BCUT2D eigenvalue weighted by molar-refractivity contribution is -0.305. The van der Waals surface area contributed by atoms with Crippen molar-refractivity contribution in [1.29, 1.82) is 0 Å². The molecular weight excluding hydrogens is 236 g/mol. The molecule has 0 aliphatic rings. The van der Waals surface area contributed by atoms with Crippen LogP contribution in [0.3, 0.4) is 0 Å². The van der Waals surface area contributed by atoms with Crippen LogP contribution in [0.2, 0.25) is 0 Å². The molecule has 0 aliphatic carbocycles. The number of benzene rings is 1. The number of anilines is 1. The van der Waals surface area contributed by atoms with E-state index in [0.29, 0.717) is 0 Å². The second kappa shape index (κ2) is 3.88. The van der Waals surface area contributed by atoms with Crippen molar-refractivity contribution >= 4 is 5.69 Å². The largest absolute Gasteiger partial charge is 0.456 e. The highest BCUT2D eigenvalue weighted by atomic mass is 19.4. The van der Waals surface area contributed by atoms with Crippen molar-refractivity contribution in [2.75, 3.05) is 5.73 Å². The van der Waals surface area contributed by atoms with Crippen LogP contribution in [0.5, 0.6) is 0 Å². The van der Waals surface area contributed by atoms with Gasteiger partial charge in [-0.05, 0) is 17.7 Å². The monoisotopic (exact) mass is 243 g/mol. The number of halogens is 6. The lowest BCUT2D eigenvalue weighted by atomic mass is 10.0. The smallest absolute Gasteiger partial charge is 0.399 e. The summed E-state index contributed by atoms with van der Waals surface area (Å²) < 4.78 is 73.8. The van der Waals surface area contributed by atoms with E-state index in [2.05, 4.69) is 0 Å². The first kappa shape index (κ1) is 12.7. The Morgan fingerprint density at radius 2 is 1.62 bits per heavy atom. The van der Waals surface area contributed by atoms with Crippen molar-refractivity contribution in [1.82, 2.24) is 0 Å². The van der Waals surface area contributed by atoms with Crippen LogP contribution >= 0.6 is 0 Å². The van der Waals surface area contributed by atoms with Gasteiger partial charge in [0.05, 0.1) is 0 Å². The quantitative estimate of drug-likeness (QED) is 0.624. The van der Waals surface area contributed by atoms with Gasteiger partial charge >= 0.3 is 12.1 Å². The Bertz CT molecular complexity index is 373. The lowest BCUT2D eigenvalue weighted by Gasteiger charge is -2.23. The fourth-order valence-corrected chi connectivity index (χ4v) is 1.07. The molecule has 2 N–H and O–H groups in total. The van der Waals surface area contributed by atoms with Crippen molar-refractivity contribution in [3.63, 3.8) is 0 Å². The van der Waals surface area contributed by atoms with E-state index in [9.17, 15) is 26.3 Å². The third-order valence-electron chi connectivity index (χ3n) is 1.90. The minimum absolute atomic E-state index is 0.0851. The number of nitrogens with two attached hydrogens (primary N) is 1. The average molecular weight is 243 g/mol. The zero-order valence-electron chi connectivity index (χ0n) is 7.73. The summed E-state index contributed by atoms with van der Waals surface area (Å²) in [7, 11) is 0. The summed E-state index contributed by atoms with van der Waals surface area (Å²) in [5.41, 5.74) is 4.27. The molecule has 0 saturated carbocycles. The van der Waals surface area contributed by atoms with Gasteiger partial charge < -0.3 is 5.73 Å². The Hall–Kier alpha value is -1.40. The maximum Gasteiger partial charge on any atom is 0.456 e. The van der Waals surface area contributed by atoms with E-state index in [-0.39, 0.29) is 5.69 Å². The summed E-state index contributed by atoms with van der Waals surface area (Å²) in [5.74, 6) is -5.43. The van der Waals surface area contributed by atoms with Crippen LogP contribution in [0.25, 0.3) is 0 Å². The number of nitrogen functional groups attached to an aromatic ring is 1. The third-order valence-corrected chi connectivity index (χ3v) is 1.90. The van der Waals surface area contributed by atoms with E-state index in [0.717, 1.165) is 18.2 Å². The molecule has 0 radical (unpaired) electrons. The van der Waals surface area contributed by atoms with Gasteiger partial charge in [-0.25, -0.2) is 4.39 Å². The SMILES string of the molecule is Nc1cccc(C(F)C(F)(F)C(F)(F)F)c1. The Balaban J connectivity index is 3.07. The van der Waals surface area contributed by atoms with Crippen molar-refractivity contribution in [2.24, 2.45) is 0 Å². The minimum atomic E-state index is -5.93. The number of rotatable bonds is 2. The average Bonchev–Trinajstić information content (AvgIpc) is 2.14. The predicted octanol–water partition coefficient (Wildman–Crippen LogP) is 3.48. The molecular formula is C9H7F6N. The molecule has 0 aromatic heterocycles. The number of hydrogen-bond donors (Lipinski definition) is 1. The zero-order valence-corrected chi connectivity index (χ0v) is 7.73. The molecule has 1 aromatic rings. The van der Waals surface area contributed by atoms with Crippen molar-refractivity contribution in [3.05, 3.63) is 29.8 Å². The van der Waals surface area contributed by atoms with Gasteiger partial charge in [0.2, 0.25) is 0 Å². The van der Waals surface area contributed by atoms with E-state index in [1.807, 2.05) is 0 Å². The number of hydrogen-bond acceptors (Lipinski definition) is 1. The van der Waals surface area contributed by atoms with Crippen LogP contribution in [0, 0.1) is 0 Å². The lowest BCUT2D eigenvalue weighted by Crippen LogP contribution is -2.40. The molecule has 0 amide bonds. The Morgan fingerprint density at radius 3 is 2.06 bits per heavy atom. The Morgan fingerprint density at radius 1 is 1.06 bits per heavy atom. The molecule has 1 aromatic carbocycles. The standard InChI is InChI=1S/C9H7F6N/c10-7(8(11,12)9(13,14)15)5-2-1-3-6(16)4-5/h1-4,7H,16H2. The van der Waals surface area contributed by atoms with Crippen LogP contribution in [0.15, 0.2) is 24.3 Å². The van der Waals surface area contributed by atoms with E-state index in [1.165, 1.54) is 6.07 Å². The van der Waals surface area contributed by atoms with Crippen LogP contribution < -0.4 is 5.73 Å². The van der Waals surface area contributed by atoms with E-state index in [4.69, 9.17) is 5.73 Å². The summed E-state index contributed by atoms with van der Waals surface area (Å²) in [6.07, 6.45) is -9.40. The van der Waals surface area contributed by atoms with Crippen LogP contribution in [0.4, 0.5) is 32.0 Å². The molecule has 90 valence electrons. The molecule has 0 aliphatic heterocycles. The van der Waals surface area contributed by atoms with E-state index in [1.54, 1.807) is 0 Å². The van der Waals surface area contributed by atoms with Crippen LogP contribution in [-0.4, -0.2) is 12.1 Å². The van der Waals surface area contributed by atoms with Gasteiger partial charge in [0.25, 0.3) is 0 Å². The minimum Gasteiger partial charge on any atom is -0.399 e. The van der Waals surface area contributed by atoms with Crippen molar-refractivity contribution in [2.45, 2.75) is 18.3 Å². The fourth-order valence-electron chi connectivity index (χ4n) is 1.07. The van der Waals surface area contributed by atoms with Gasteiger partial charge in [0.1, 0.15) is 0 Å². The van der Waals surface area contributed by atoms with Gasteiger partial charge in [-0.3, -0.25) is 0 Å². The summed E-state index contributed by atoms with van der Waals surface area (Å²) in [5, 5.41) is 0. The van der Waals surface area contributed by atoms with Gasteiger partial charge in [-0.1, -0.05) is 12.1 Å². The maximum absolute atomic E-state index is 13.1. The fraction of sp³-hybridized carbons (Fsp3) is 0.333. The molecule has 0 heterocycles. The van der Waals surface area contributed by atoms with Gasteiger partial charge in [-0.15, -0.1) is 0 Å². The second-order valence-corrected chi connectivity index (χ2v) is 3.15. The highest BCUT2D eigenvalue weighted by Gasteiger charge is 2.63. The van der Waals surface area contributed by atoms with E-state index >= 15 is 0 Å². The first-order chi connectivity index (χ1) is 7.16. The summed E-state index contributed by atoms with van der Waals surface area (Å²) in [4.78, 5) is 0. The van der Waals surface area contributed by atoms with Crippen LogP contribution in [0.1, 0.15) is 11.7 Å². The zero-order chi connectivity index (χ0) is 12.6. The molecule has 0 spiro atoms. The molecule has 16 heavy (non-hydrogen) atoms. The van der Waals surface area contributed by atoms with Gasteiger partial charge in [0, 0.05) is 5.69 Å². The topological polar surface area (TPSA) is 26.0 Å². The summed E-state index contributed by atoms with van der Waals surface area (Å²) in [6.45, 7) is 0. The van der Waals surface area contributed by atoms with E-state index < -0.39 is 23.8 Å². The van der Waals surface area contributed by atoms with Gasteiger partial charge in [-0.2, -0.15) is 22.0 Å². The normalized spacial score (nSPS) is 14.9. The molecule has 0 bridgehead atoms. The van der Waals surface area contributed by atoms with Crippen molar-refractivity contribution < 1.29 is 26.3 Å². The molecule has 1 atom stereocenters. The first-order valence-electron chi connectivity index (χ1n) is 4.10. The maximum atomic E-state index is 13.1. The molecule has 7 heteroatoms. The molecule has 0 saturated heterocycles. The number of alkyl halides is 6. The Labute approximate surface area is 86.9 Å². The first-order valence-corrected chi connectivity index (χ1v) is 4.10. The second-order valence-electron chi connectivity index (χ2n) is 3.15. The highest BCUT2D eigenvalue weighted by Crippen LogP contribution is 2.46. The molecule has 1 unspecified atom stereocenters. The Kier molecular flexibility index (Phi) is 3.07. The van der Waals surface area contributed by atoms with Gasteiger partial charge in [0.15, 0.2) is 6.17 Å². The molecule has 1 rings (SSSR count). The summed E-state index contributed by atoms with van der Waals surface area (Å²) in [6, 6.07) is 3.91. The molecule has 1 nitrogen and oxygen atoms in total. The molecule has 0 fully saturated rings. The summed E-state index contributed by atoms with van der Waals surface area (Å²) >= 11 is 0. The third kappa shape index (κ3) is 2.23. The highest BCUT2D eigenvalue weighted by molar-refractivity contribution is 5.41. The van der Waals surface area contributed by atoms with Crippen LogP contribution in [-0.2, 0) is 0 Å². The predicted molar refractivity (Wildman–Crippen MR) is 45.7 cm³/mol. The van der Waals surface area contributed by atoms with Crippen molar-refractivity contribution in [3.8, 4) is 0 Å².